The molecule has 1 amide bonds. The minimum absolute atomic E-state index is 0.0361. The van der Waals surface area contributed by atoms with Gasteiger partial charge in [-0.25, -0.2) is 4.98 Å². The lowest BCUT2D eigenvalue weighted by atomic mass is 10.2. The summed E-state index contributed by atoms with van der Waals surface area (Å²) in [4.78, 5) is 25.5. The summed E-state index contributed by atoms with van der Waals surface area (Å²) in [6.45, 7) is 4.80. The van der Waals surface area contributed by atoms with E-state index >= 15 is 0 Å². The summed E-state index contributed by atoms with van der Waals surface area (Å²) in [6.07, 6.45) is 0.898. The van der Waals surface area contributed by atoms with Crippen molar-refractivity contribution in [2.24, 2.45) is 0 Å². The number of hydrogen-bond acceptors (Lipinski definition) is 7. The highest BCUT2D eigenvalue weighted by molar-refractivity contribution is 5.82. The van der Waals surface area contributed by atoms with Crippen LogP contribution in [0.25, 0.3) is 5.78 Å². The van der Waals surface area contributed by atoms with E-state index in [-0.39, 0.29) is 12.5 Å². The molecule has 5 rings (SSSR count). The van der Waals surface area contributed by atoms with Crippen LogP contribution in [0.15, 0.2) is 36.7 Å². The topological polar surface area (TPSA) is 85.1 Å². The first-order chi connectivity index (χ1) is 13.7. The molecule has 144 valence electrons. The van der Waals surface area contributed by atoms with Crippen molar-refractivity contribution in [3.63, 3.8) is 0 Å². The molecule has 0 bridgehead atoms. The van der Waals surface area contributed by atoms with E-state index in [1.165, 1.54) is 6.33 Å². The third-order valence-electron chi connectivity index (χ3n) is 5.06. The highest BCUT2D eigenvalue weighted by Crippen LogP contribution is 2.31. The molecule has 0 saturated carbocycles. The van der Waals surface area contributed by atoms with Crippen LogP contribution in [0.3, 0.4) is 0 Å². The maximum atomic E-state index is 12.9. The summed E-state index contributed by atoms with van der Waals surface area (Å²) in [5, 5.41) is 4.27. The number of para-hydroxylation sites is 2. The van der Waals surface area contributed by atoms with Gasteiger partial charge in [0.2, 0.25) is 6.10 Å². The predicted octanol–water partition coefficient (Wildman–Crippen LogP) is 0.921. The van der Waals surface area contributed by atoms with Crippen LogP contribution in [0.5, 0.6) is 11.5 Å². The minimum Gasteiger partial charge on any atom is -0.485 e. The smallest absolute Gasteiger partial charge is 0.267 e. The van der Waals surface area contributed by atoms with Crippen LogP contribution in [0.1, 0.15) is 5.69 Å². The van der Waals surface area contributed by atoms with Crippen molar-refractivity contribution in [3.8, 4) is 11.5 Å². The molecule has 1 aromatic carbocycles. The second-order valence-electron chi connectivity index (χ2n) is 6.90. The number of aromatic nitrogens is 4. The van der Waals surface area contributed by atoms with Gasteiger partial charge in [-0.3, -0.25) is 4.79 Å². The molecule has 0 radical (unpaired) electrons. The fourth-order valence-electron chi connectivity index (χ4n) is 3.64. The van der Waals surface area contributed by atoms with Crippen LogP contribution in [-0.4, -0.2) is 69.3 Å². The molecule has 1 saturated heterocycles. The summed E-state index contributed by atoms with van der Waals surface area (Å²) in [5.41, 5.74) is 0.889. The molecule has 1 atom stereocenters. The number of aryl methyl sites for hydroxylation is 1. The lowest BCUT2D eigenvalue weighted by Crippen LogP contribution is -2.54. The number of carbonyl (C=O) groups is 1. The molecule has 2 aliphatic rings. The Bertz CT molecular complexity index is 1030. The third-order valence-corrected chi connectivity index (χ3v) is 5.06. The Morgan fingerprint density at radius 3 is 2.75 bits per heavy atom. The summed E-state index contributed by atoms with van der Waals surface area (Å²) < 4.78 is 13.3. The van der Waals surface area contributed by atoms with Gasteiger partial charge >= 0.3 is 0 Å². The summed E-state index contributed by atoms with van der Waals surface area (Å²) in [6, 6.07) is 9.41. The van der Waals surface area contributed by atoms with Crippen molar-refractivity contribution in [1.29, 1.82) is 0 Å². The Morgan fingerprint density at radius 2 is 1.93 bits per heavy atom. The molecule has 28 heavy (non-hydrogen) atoms. The van der Waals surface area contributed by atoms with Gasteiger partial charge in [0, 0.05) is 37.9 Å². The lowest BCUT2D eigenvalue weighted by Gasteiger charge is -2.38. The van der Waals surface area contributed by atoms with Crippen LogP contribution in [0.4, 0.5) is 5.82 Å². The van der Waals surface area contributed by atoms with Crippen molar-refractivity contribution < 1.29 is 14.3 Å². The van der Waals surface area contributed by atoms with Gasteiger partial charge in [0.1, 0.15) is 18.8 Å². The van der Waals surface area contributed by atoms with Crippen LogP contribution in [-0.2, 0) is 4.79 Å². The zero-order chi connectivity index (χ0) is 19.1. The highest BCUT2D eigenvalue weighted by atomic mass is 16.6. The zero-order valence-corrected chi connectivity index (χ0v) is 15.5. The maximum absolute atomic E-state index is 12.9. The molecule has 4 heterocycles. The Morgan fingerprint density at radius 1 is 1.14 bits per heavy atom. The fraction of sp³-hybridized carbons (Fsp3) is 0.368. The number of piperazine rings is 1. The lowest BCUT2D eigenvalue weighted by molar-refractivity contribution is -0.141. The van der Waals surface area contributed by atoms with Crippen molar-refractivity contribution in [2.75, 3.05) is 37.7 Å². The van der Waals surface area contributed by atoms with E-state index in [0.717, 1.165) is 11.5 Å². The number of rotatable bonds is 2. The second kappa shape index (κ2) is 6.66. The van der Waals surface area contributed by atoms with E-state index in [1.807, 2.05) is 42.2 Å². The number of hydrogen-bond donors (Lipinski definition) is 0. The quantitative estimate of drug-likeness (QED) is 0.654. The molecule has 9 nitrogen and oxygen atoms in total. The highest BCUT2D eigenvalue weighted by Gasteiger charge is 2.33. The van der Waals surface area contributed by atoms with E-state index in [2.05, 4.69) is 20.0 Å². The van der Waals surface area contributed by atoms with E-state index in [9.17, 15) is 4.79 Å². The molecule has 1 fully saturated rings. The first-order valence-corrected chi connectivity index (χ1v) is 9.28. The minimum atomic E-state index is -0.605. The van der Waals surface area contributed by atoms with Crippen LogP contribution < -0.4 is 14.4 Å². The average Bonchev–Trinajstić information content (AvgIpc) is 3.21. The SMILES string of the molecule is Cc1cc(N2CCN(C(=O)C3COc4ccccc4O3)CC2)n2ncnc2n1. The van der Waals surface area contributed by atoms with Crippen molar-refractivity contribution in [3.05, 3.63) is 42.4 Å². The third kappa shape index (κ3) is 2.88. The van der Waals surface area contributed by atoms with E-state index < -0.39 is 6.10 Å². The van der Waals surface area contributed by atoms with Crippen molar-refractivity contribution >= 4 is 17.5 Å². The van der Waals surface area contributed by atoms with Gasteiger partial charge in [-0.1, -0.05) is 12.1 Å². The Labute approximate surface area is 161 Å². The number of anilines is 1. The molecular weight excluding hydrogens is 360 g/mol. The first kappa shape index (κ1) is 16.8. The van der Waals surface area contributed by atoms with E-state index in [0.29, 0.717) is 43.5 Å². The number of fused-ring (bicyclic) bond motifs is 2. The number of carbonyl (C=O) groups excluding carboxylic acids is 1. The van der Waals surface area contributed by atoms with Gasteiger partial charge in [-0.2, -0.15) is 14.6 Å². The number of benzene rings is 1. The molecule has 0 spiro atoms. The number of amides is 1. The van der Waals surface area contributed by atoms with Crippen molar-refractivity contribution in [2.45, 2.75) is 13.0 Å². The molecule has 9 heteroatoms. The Hall–Kier alpha value is -3.36. The average molecular weight is 380 g/mol. The Kier molecular flexibility index (Phi) is 4.00. The molecule has 2 aromatic heterocycles. The number of ether oxygens (including phenoxy) is 2. The van der Waals surface area contributed by atoms with Gasteiger partial charge in [0.25, 0.3) is 11.7 Å². The largest absolute Gasteiger partial charge is 0.485 e. The van der Waals surface area contributed by atoms with Gasteiger partial charge in [-0.05, 0) is 19.1 Å². The molecule has 2 aliphatic heterocycles. The fourth-order valence-corrected chi connectivity index (χ4v) is 3.64. The van der Waals surface area contributed by atoms with E-state index in [1.54, 1.807) is 4.52 Å². The summed E-state index contributed by atoms with van der Waals surface area (Å²) >= 11 is 0. The van der Waals surface area contributed by atoms with Crippen LogP contribution in [0.2, 0.25) is 0 Å². The van der Waals surface area contributed by atoms with Gasteiger partial charge in [0.05, 0.1) is 0 Å². The first-order valence-electron chi connectivity index (χ1n) is 9.28. The Balaban J connectivity index is 1.27. The van der Waals surface area contributed by atoms with Crippen LogP contribution >= 0.6 is 0 Å². The standard InChI is InChI=1S/C19H20N6O3/c1-13-10-17(25-19(22-13)20-12-21-25)23-6-8-24(9-7-23)18(26)16-11-27-14-4-2-3-5-15(14)28-16/h2-5,10,12,16H,6-9,11H2,1H3. The van der Waals surface area contributed by atoms with Crippen LogP contribution in [0, 0.1) is 6.92 Å². The summed E-state index contributed by atoms with van der Waals surface area (Å²) in [7, 11) is 0. The zero-order valence-electron chi connectivity index (χ0n) is 15.5. The van der Waals surface area contributed by atoms with Gasteiger partial charge < -0.3 is 19.3 Å². The molecule has 0 aliphatic carbocycles. The van der Waals surface area contributed by atoms with Gasteiger partial charge in [-0.15, -0.1) is 0 Å². The number of nitrogens with zero attached hydrogens (tertiary/aromatic N) is 6. The van der Waals surface area contributed by atoms with Crippen molar-refractivity contribution in [1.82, 2.24) is 24.5 Å². The normalized spacial score (nSPS) is 19.1. The molecule has 1 unspecified atom stereocenters. The molecule has 0 N–H and O–H groups in total. The molecule has 3 aromatic rings. The van der Waals surface area contributed by atoms with E-state index in [4.69, 9.17) is 9.47 Å². The predicted molar refractivity (Wildman–Crippen MR) is 101 cm³/mol. The maximum Gasteiger partial charge on any atom is 0.267 e. The molecular formula is C19H20N6O3. The van der Waals surface area contributed by atoms with Gasteiger partial charge in [0.15, 0.2) is 11.5 Å². The second-order valence-corrected chi connectivity index (χ2v) is 6.90. The summed E-state index contributed by atoms with van der Waals surface area (Å²) in [5.74, 6) is 2.79. The monoisotopic (exact) mass is 380 g/mol.